The van der Waals surface area contributed by atoms with Gasteiger partial charge in [-0.1, -0.05) is 12.1 Å². The molecule has 1 heterocycles. The molecule has 1 aliphatic carbocycles. The lowest BCUT2D eigenvalue weighted by molar-refractivity contribution is -0.132. The topological polar surface area (TPSA) is 77.9 Å². The number of hydrogen-bond acceptors (Lipinski definition) is 4. The van der Waals surface area contributed by atoms with Gasteiger partial charge in [0.15, 0.2) is 0 Å². The smallest absolute Gasteiger partial charge is 0.238 e. The number of sulfonamides is 1. The van der Waals surface area contributed by atoms with Gasteiger partial charge < -0.3 is 10.0 Å². The van der Waals surface area contributed by atoms with Gasteiger partial charge in [-0.05, 0) is 37.0 Å². The highest BCUT2D eigenvalue weighted by Crippen LogP contribution is 2.29. The van der Waals surface area contributed by atoms with Crippen LogP contribution >= 0.6 is 0 Å². The molecule has 1 N–H and O–H groups in total. The van der Waals surface area contributed by atoms with Crippen molar-refractivity contribution >= 4 is 15.9 Å². The van der Waals surface area contributed by atoms with E-state index < -0.39 is 10.0 Å². The standard InChI is InChI=1S/C15H20N2O4S/c18-14-6-2-12(3-7-14)10-17(13-4-5-13)15(19)11-16-8-1-9-22(16,20)21/h2-3,6-7,13,18H,1,4-5,8-11H2. The Morgan fingerprint density at radius 1 is 1.27 bits per heavy atom. The van der Waals surface area contributed by atoms with Crippen LogP contribution in [0.1, 0.15) is 24.8 Å². The maximum Gasteiger partial charge on any atom is 0.238 e. The van der Waals surface area contributed by atoms with E-state index in [2.05, 4.69) is 0 Å². The first-order valence-electron chi connectivity index (χ1n) is 7.51. The van der Waals surface area contributed by atoms with Crippen molar-refractivity contribution in [2.45, 2.75) is 31.8 Å². The lowest BCUT2D eigenvalue weighted by Gasteiger charge is -2.25. The molecule has 3 rings (SSSR count). The van der Waals surface area contributed by atoms with Gasteiger partial charge in [0.25, 0.3) is 0 Å². The van der Waals surface area contributed by atoms with Crippen LogP contribution in [-0.2, 0) is 21.4 Å². The number of hydrogen-bond donors (Lipinski definition) is 1. The first kappa shape index (κ1) is 15.3. The van der Waals surface area contributed by atoms with Crippen LogP contribution in [0.25, 0.3) is 0 Å². The number of carbonyl (C=O) groups excluding carboxylic acids is 1. The van der Waals surface area contributed by atoms with Crippen molar-refractivity contribution < 1.29 is 18.3 Å². The molecular weight excluding hydrogens is 304 g/mol. The summed E-state index contributed by atoms with van der Waals surface area (Å²) in [6.45, 7) is 0.834. The van der Waals surface area contributed by atoms with Crippen LogP contribution in [-0.4, -0.2) is 53.5 Å². The molecular formula is C15H20N2O4S. The van der Waals surface area contributed by atoms with Crippen LogP contribution in [0.5, 0.6) is 5.75 Å². The van der Waals surface area contributed by atoms with Gasteiger partial charge in [0.05, 0.1) is 12.3 Å². The van der Waals surface area contributed by atoms with Gasteiger partial charge in [-0.3, -0.25) is 4.79 Å². The third-order valence-corrected chi connectivity index (χ3v) is 6.02. The van der Waals surface area contributed by atoms with Crippen molar-refractivity contribution in [3.63, 3.8) is 0 Å². The predicted molar refractivity (Wildman–Crippen MR) is 81.7 cm³/mol. The molecule has 0 radical (unpaired) electrons. The summed E-state index contributed by atoms with van der Waals surface area (Å²) in [5.74, 6) is 0.194. The van der Waals surface area contributed by atoms with Crippen LogP contribution in [0.2, 0.25) is 0 Å². The molecule has 0 unspecified atom stereocenters. The fourth-order valence-corrected chi connectivity index (χ4v) is 4.18. The van der Waals surface area contributed by atoms with E-state index in [0.29, 0.717) is 19.5 Å². The predicted octanol–water partition coefficient (Wildman–Crippen LogP) is 0.919. The molecule has 1 saturated heterocycles. The largest absolute Gasteiger partial charge is 0.508 e. The average Bonchev–Trinajstić information content (AvgIpc) is 3.24. The van der Waals surface area contributed by atoms with E-state index in [9.17, 15) is 18.3 Å². The zero-order chi connectivity index (χ0) is 15.7. The molecule has 0 aromatic heterocycles. The van der Waals surface area contributed by atoms with Crippen molar-refractivity contribution in [1.29, 1.82) is 0 Å². The number of phenolic OH excluding ortho intramolecular Hbond substituents is 1. The monoisotopic (exact) mass is 324 g/mol. The third-order valence-electron chi connectivity index (χ3n) is 4.11. The van der Waals surface area contributed by atoms with Crippen LogP contribution < -0.4 is 0 Å². The van der Waals surface area contributed by atoms with E-state index in [0.717, 1.165) is 18.4 Å². The highest BCUT2D eigenvalue weighted by atomic mass is 32.2. The molecule has 0 atom stereocenters. The van der Waals surface area contributed by atoms with Crippen molar-refractivity contribution in [2.75, 3.05) is 18.8 Å². The first-order chi connectivity index (χ1) is 10.5. The Morgan fingerprint density at radius 3 is 2.50 bits per heavy atom. The van der Waals surface area contributed by atoms with E-state index in [-0.39, 0.29) is 30.0 Å². The van der Waals surface area contributed by atoms with Crippen molar-refractivity contribution in [3.8, 4) is 5.75 Å². The Balaban J connectivity index is 1.68. The van der Waals surface area contributed by atoms with Gasteiger partial charge in [-0.2, -0.15) is 4.31 Å². The highest BCUT2D eigenvalue weighted by molar-refractivity contribution is 7.89. The number of nitrogens with zero attached hydrogens (tertiary/aromatic N) is 2. The summed E-state index contributed by atoms with van der Waals surface area (Å²) in [5.41, 5.74) is 0.933. The first-order valence-corrected chi connectivity index (χ1v) is 9.12. The number of amides is 1. The molecule has 6 nitrogen and oxygen atoms in total. The molecule has 2 fully saturated rings. The molecule has 1 saturated carbocycles. The highest BCUT2D eigenvalue weighted by Gasteiger charge is 2.36. The lowest BCUT2D eigenvalue weighted by Crippen LogP contribution is -2.41. The molecule has 7 heteroatoms. The third kappa shape index (κ3) is 3.41. The number of aromatic hydroxyl groups is 1. The van der Waals surface area contributed by atoms with Crippen LogP contribution in [0.4, 0.5) is 0 Å². The van der Waals surface area contributed by atoms with Crippen LogP contribution in [0.15, 0.2) is 24.3 Å². The number of phenols is 1. The Labute approximate surface area is 130 Å². The molecule has 0 bridgehead atoms. The van der Waals surface area contributed by atoms with Gasteiger partial charge >= 0.3 is 0 Å². The molecule has 120 valence electrons. The minimum absolute atomic E-state index is 0.0586. The number of benzene rings is 1. The Hall–Kier alpha value is -1.60. The van der Waals surface area contributed by atoms with E-state index in [4.69, 9.17) is 0 Å². The van der Waals surface area contributed by atoms with Crippen molar-refractivity contribution in [2.24, 2.45) is 0 Å². The minimum Gasteiger partial charge on any atom is -0.508 e. The van der Waals surface area contributed by atoms with Gasteiger partial charge in [0.1, 0.15) is 5.75 Å². The Bertz CT molecular complexity index is 653. The molecule has 1 aromatic rings. The van der Waals surface area contributed by atoms with Gasteiger partial charge in [-0.25, -0.2) is 8.42 Å². The summed E-state index contributed by atoms with van der Waals surface area (Å²) in [4.78, 5) is 14.3. The molecule has 2 aliphatic rings. The summed E-state index contributed by atoms with van der Waals surface area (Å²) < 4.78 is 25.0. The molecule has 22 heavy (non-hydrogen) atoms. The lowest BCUT2D eigenvalue weighted by atomic mass is 10.2. The minimum atomic E-state index is -3.25. The Kier molecular flexibility index (Phi) is 4.10. The maximum atomic E-state index is 12.5. The van der Waals surface area contributed by atoms with Gasteiger partial charge in [-0.15, -0.1) is 0 Å². The van der Waals surface area contributed by atoms with E-state index >= 15 is 0 Å². The average molecular weight is 324 g/mol. The number of carbonyl (C=O) groups is 1. The van der Waals surface area contributed by atoms with Crippen LogP contribution in [0.3, 0.4) is 0 Å². The van der Waals surface area contributed by atoms with Crippen LogP contribution in [0, 0.1) is 0 Å². The summed E-state index contributed by atoms with van der Waals surface area (Å²) in [6, 6.07) is 6.97. The number of rotatable bonds is 5. The second-order valence-corrected chi connectivity index (χ2v) is 8.01. The van der Waals surface area contributed by atoms with Crippen molar-refractivity contribution in [1.82, 2.24) is 9.21 Å². The van der Waals surface area contributed by atoms with E-state index in [1.165, 1.54) is 4.31 Å². The molecule has 1 aliphatic heterocycles. The van der Waals surface area contributed by atoms with E-state index in [1.807, 2.05) is 0 Å². The fraction of sp³-hybridized carbons (Fsp3) is 0.533. The second kappa shape index (κ2) is 5.89. The quantitative estimate of drug-likeness (QED) is 0.873. The molecule has 1 aromatic carbocycles. The SMILES string of the molecule is O=C(CN1CCCS1(=O)=O)N(Cc1ccc(O)cc1)C1CC1. The summed E-state index contributed by atoms with van der Waals surface area (Å²) in [5, 5.41) is 9.31. The molecule has 0 spiro atoms. The maximum absolute atomic E-state index is 12.5. The van der Waals surface area contributed by atoms with Gasteiger partial charge in [0, 0.05) is 19.1 Å². The summed E-state index contributed by atoms with van der Waals surface area (Å²) in [6.07, 6.45) is 2.53. The summed E-state index contributed by atoms with van der Waals surface area (Å²) >= 11 is 0. The van der Waals surface area contributed by atoms with Crippen molar-refractivity contribution in [3.05, 3.63) is 29.8 Å². The second-order valence-electron chi connectivity index (χ2n) is 5.92. The van der Waals surface area contributed by atoms with E-state index in [1.54, 1.807) is 29.2 Å². The molecule has 1 amide bonds. The summed E-state index contributed by atoms with van der Waals surface area (Å²) in [7, 11) is -3.25. The fourth-order valence-electron chi connectivity index (χ4n) is 2.72. The zero-order valence-corrected chi connectivity index (χ0v) is 13.1. The Morgan fingerprint density at radius 2 is 1.95 bits per heavy atom. The normalized spacial score (nSPS) is 20.9. The zero-order valence-electron chi connectivity index (χ0n) is 12.3. The van der Waals surface area contributed by atoms with Gasteiger partial charge in [0.2, 0.25) is 15.9 Å².